The summed E-state index contributed by atoms with van der Waals surface area (Å²) in [6.07, 6.45) is 11.7. The van der Waals surface area contributed by atoms with Gasteiger partial charge in [0.15, 0.2) is 0 Å². The number of hydrogen-bond acceptors (Lipinski definition) is 5. The van der Waals surface area contributed by atoms with Gasteiger partial charge in [-0.1, -0.05) is 25.3 Å². The fraction of sp³-hybridized carbons (Fsp3) is 0.304. The Morgan fingerprint density at radius 1 is 1.34 bits per heavy atom. The molecule has 29 heavy (non-hydrogen) atoms. The SMILES string of the molecule is C=N/C=C(\c1nc(NC2CCCCC2)ncc1C)c1c[nH]c2cc(C#N)ccc12. The lowest BCUT2D eigenvalue weighted by Crippen LogP contribution is -2.23. The number of anilines is 1. The Balaban J connectivity index is 1.74. The molecule has 0 atom stereocenters. The summed E-state index contributed by atoms with van der Waals surface area (Å²) in [5.74, 6) is 0.652. The Labute approximate surface area is 170 Å². The predicted molar refractivity (Wildman–Crippen MR) is 117 cm³/mol. The highest BCUT2D eigenvalue weighted by Gasteiger charge is 2.18. The van der Waals surface area contributed by atoms with E-state index in [0.29, 0.717) is 17.6 Å². The fourth-order valence-corrected chi connectivity index (χ4v) is 3.98. The van der Waals surface area contributed by atoms with Crippen molar-refractivity contribution in [3.05, 3.63) is 59.2 Å². The lowest BCUT2D eigenvalue weighted by atomic mass is 9.96. The molecule has 0 aliphatic heterocycles. The van der Waals surface area contributed by atoms with Crippen molar-refractivity contribution in [1.82, 2.24) is 15.0 Å². The van der Waals surface area contributed by atoms with Crippen LogP contribution in [0.4, 0.5) is 5.95 Å². The number of nitrogens with one attached hydrogen (secondary N) is 2. The predicted octanol–water partition coefficient (Wildman–Crippen LogP) is 4.97. The highest BCUT2D eigenvalue weighted by Crippen LogP contribution is 2.32. The average molecular weight is 384 g/mol. The van der Waals surface area contributed by atoms with Crippen molar-refractivity contribution in [2.24, 2.45) is 4.99 Å². The monoisotopic (exact) mass is 384 g/mol. The lowest BCUT2D eigenvalue weighted by Gasteiger charge is -2.23. The Hall–Kier alpha value is -3.46. The minimum absolute atomic E-state index is 0.432. The summed E-state index contributed by atoms with van der Waals surface area (Å²) in [6, 6.07) is 8.23. The molecule has 3 aromatic rings. The van der Waals surface area contributed by atoms with Crippen molar-refractivity contribution in [2.75, 3.05) is 5.32 Å². The van der Waals surface area contributed by atoms with Crippen LogP contribution in [0.3, 0.4) is 0 Å². The first-order valence-corrected chi connectivity index (χ1v) is 9.97. The zero-order valence-electron chi connectivity index (χ0n) is 16.6. The number of benzene rings is 1. The van der Waals surface area contributed by atoms with Crippen LogP contribution < -0.4 is 5.32 Å². The molecule has 0 spiro atoms. The van der Waals surface area contributed by atoms with Gasteiger partial charge in [0, 0.05) is 46.7 Å². The van der Waals surface area contributed by atoms with Crippen LogP contribution in [0.25, 0.3) is 16.5 Å². The van der Waals surface area contributed by atoms with Gasteiger partial charge in [-0.3, -0.25) is 4.99 Å². The van der Waals surface area contributed by atoms with Gasteiger partial charge in [-0.05, 0) is 44.2 Å². The summed E-state index contributed by atoms with van der Waals surface area (Å²) >= 11 is 0. The molecule has 0 radical (unpaired) electrons. The molecule has 6 nitrogen and oxygen atoms in total. The van der Waals surface area contributed by atoms with Gasteiger partial charge in [0.05, 0.1) is 17.3 Å². The van der Waals surface area contributed by atoms with E-state index in [0.717, 1.165) is 46.1 Å². The minimum atomic E-state index is 0.432. The molecule has 146 valence electrons. The van der Waals surface area contributed by atoms with Crippen molar-refractivity contribution >= 4 is 29.1 Å². The highest BCUT2D eigenvalue weighted by molar-refractivity contribution is 5.97. The third-order valence-electron chi connectivity index (χ3n) is 5.49. The van der Waals surface area contributed by atoms with Crippen molar-refractivity contribution in [3.63, 3.8) is 0 Å². The van der Waals surface area contributed by atoms with Crippen LogP contribution in [-0.2, 0) is 0 Å². The standard InChI is InChI=1S/C23H24N6/c1-15-12-27-23(28-17-6-4-3-5-7-17)29-22(15)20(13-25-2)19-14-26-21-10-16(11-24)8-9-18(19)21/h8-10,12-14,17,26H,2-7H2,1H3,(H,27,28,29)/b20-13-. The van der Waals surface area contributed by atoms with Crippen molar-refractivity contribution < 1.29 is 0 Å². The maximum atomic E-state index is 9.15. The van der Waals surface area contributed by atoms with E-state index in [1.54, 1.807) is 6.20 Å². The molecule has 1 aliphatic rings. The molecule has 6 heteroatoms. The van der Waals surface area contributed by atoms with E-state index in [-0.39, 0.29) is 0 Å². The van der Waals surface area contributed by atoms with Gasteiger partial charge in [0.25, 0.3) is 0 Å². The second kappa shape index (κ2) is 8.27. The van der Waals surface area contributed by atoms with Gasteiger partial charge in [-0.25, -0.2) is 9.97 Å². The number of nitrogens with zero attached hydrogens (tertiary/aromatic N) is 4. The number of nitriles is 1. The molecular formula is C23H24N6. The van der Waals surface area contributed by atoms with Gasteiger partial charge in [-0.15, -0.1) is 0 Å². The summed E-state index contributed by atoms with van der Waals surface area (Å²) < 4.78 is 0. The molecule has 2 N–H and O–H groups in total. The van der Waals surface area contributed by atoms with E-state index in [2.05, 4.69) is 33.1 Å². The number of rotatable bonds is 5. The summed E-state index contributed by atoms with van der Waals surface area (Å²) in [5.41, 5.74) is 5.18. The van der Waals surface area contributed by atoms with E-state index in [9.17, 15) is 0 Å². The molecule has 0 unspecified atom stereocenters. The number of aliphatic imine (C=N–C) groups is 1. The Kier molecular flexibility index (Phi) is 5.39. The van der Waals surface area contributed by atoms with E-state index in [1.807, 2.05) is 37.5 Å². The van der Waals surface area contributed by atoms with Crippen LogP contribution in [0.1, 0.15) is 54.5 Å². The molecule has 1 saturated carbocycles. The van der Waals surface area contributed by atoms with Gasteiger partial charge in [0.2, 0.25) is 5.95 Å². The van der Waals surface area contributed by atoms with Crippen molar-refractivity contribution in [3.8, 4) is 6.07 Å². The average Bonchev–Trinajstić information content (AvgIpc) is 3.17. The molecule has 2 aromatic heterocycles. The summed E-state index contributed by atoms with van der Waals surface area (Å²) in [4.78, 5) is 16.6. The topological polar surface area (TPSA) is 89.8 Å². The molecule has 0 saturated heterocycles. The zero-order valence-corrected chi connectivity index (χ0v) is 16.6. The second-order valence-electron chi connectivity index (χ2n) is 7.50. The third-order valence-corrected chi connectivity index (χ3v) is 5.49. The smallest absolute Gasteiger partial charge is 0.223 e. The van der Waals surface area contributed by atoms with E-state index >= 15 is 0 Å². The van der Waals surface area contributed by atoms with E-state index in [1.165, 1.54) is 19.3 Å². The maximum absolute atomic E-state index is 9.15. The zero-order chi connectivity index (χ0) is 20.2. The summed E-state index contributed by atoms with van der Waals surface area (Å²) in [7, 11) is 0. The van der Waals surface area contributed by atoms with Crippen LogP contribution in [0.2, 0.25) is 0 Å². The molecule has 0 amide bonds. The molecule has 4 rings (SSSR count). The molecule has 0 bridgehead atoms. The normalized spacial score (nSPS) is 15.2. The molecule has 1 aliphatic carbocycles. The van der Waals surface area contributed by atoms with Crippen LogP contribution in [0.15, 0.2) is 41.8 Å². The van der Waals surface area contributed by atoms with E-state index in [4.69, 9.17) is 10.2 Å². The van der Waals surface area contributed by atoms with E-state index < -0.39 is 0 Å². The number of hydrogen-bond donors (Lipinski definition) is 2. The first-order chi connectivity index (χ1) is 14.2. The van der Waals surface area contributed by atoms with Gasteiger partial charge in [0.1, 0.15) is 0 Å². The van der Waals surface area contributed by atoms with Crippen LogP contribution in [0.5, 0.6) is 0 Å². The Morgan fingerprint density at radius 2 is 2.17 bits per heavy atom. The second-order valence-corrected chi connectivity index (χ2v) is 7.50. The number of H-pyrrole nitrogens is 1. The Morgan fingerprint density at radius 3 is 2.93 bits per heavy atom. The highest BCUT2D eigenvalue weighted by atomic mass is 15.1. The number of aromatic nitrogens is 3. The van der Waals surface area contributed by atoms with Gasteiger partial charge >= 0.3 is 0 Å². The first-order valence-electron chi connectivity index (χ1n) is 9.97. The number of aromatic amines is 1. The Bertz CT molecular complexity index is 1110. The van der Waals surface area contributed by atoms with Gasteiger partial charge in [-0.2, -0.15) is 5.26 Å². The molecule has 1 fully saturated rings. The van der Waals surface area contributed by atoms with Crippen molar-refractivity contribution in [1.29, 1.82) is 5.26 Å². The fourth-order valence-electron chi connectivity index (χ4n) is 3.98. The minimum Gasteiger partial charge on any atom is -0.361 e. The maximum Gasteiger partial charge on any atom is 0.223 e. The van der Waals surface area contributed by atoms with Crippen LogP contribution in [-0.4, -0.2) is 27.7 Å². The van der Waals surface area contributed by atoms with Crippen LogP contribution in [0, 0.1) is 18.3 Å². The summed E-state index contributed by atoms with van der Waals surface area (Å²) in [5, 5.41) is 13.7. The quantitative estimate of drug-likeness (QED) is 0.608. The molecular weight excluding hydrogens is 360 g/mol. The van der Waals surface area contributed by atoms with Crippen molar-refractivity contribution in [2.45, 2.75) is 45.1 Å². The number of aryl methyl sites for hydroxylation is 1. The first kappa shape index (κ1) is 18.9. The molecule has 1 aromatic carbocycles. The number of fused-ring (bicyclic) bond motifs is 1. The third kappa shape index (κ3) is 3.90. The lowest BCUT2D eigenvalue weighted by molar-refractivity contribution is 0.461. The molecule has 2 heterocycles. The summed E-state index contributed by atoms with van der Waals surface area (Å²) in [6.45, 7) is 5.65. The largest absolute Gasteiger partial charge is 0.361 e. The van der Waals surface area contributed by atoms with Gasteiger partial charge < -0.3 is 10.3 Å². The van der Waals surface area contributed by atoms with Crippen LogP contribution >= 0.6 is 0 Å².